The number of rotatable bonds is 3. The molecule has 120 valence electrons. The molecule has 0 saturated carbocycles. The molecule has 2 heterocycles. The van der Waals surface area contributed by atoms with E-state index in [2.05, 4.69) is 15.0 Å². The van der Waals surface area contributed by atoms with Gasteiger partial charge in [-0.2, -0.15) is 13.2 Å². The highest BCUT2D eigenvalue weighted by Gasteiger charge is 2.30. The lowest BCUT2D eigenvalue weighted by atomic mass is 10.2. The Bertz CT molecular complexity index is 847. The predicted molar refractivity (Wildman–Crippen MR) is 80.2 cm³/mol. The van der Waals surface area contributed by atoms with E-state index in [1.165, 1.54) is 6.07 Å². The molecule has 0 bridgehead atoms. The summed E-state index contributed by atoms with van der Waals surface area (Å²) in [7, 11) is 0. The van der Waals surface area contributed by atoms with Crippen molar-refractivity contribution < 1.29 is 17.7 Å². The van der Waals surface area contributed by atoms with E-state index in [0.717, 1.165) is 17.7 Å². The first-order valence-electron chi connectivity index (χ1n) is 6.70. The molecule has 1 unspecified atom stereocenters. The minimum absolute atomic E-state index is 0.0620. The average Bonchev–Trinajstić information content (AvgIpc) is 2.87. The second-order valence-electron chi connectivity index (χ2n) is 5.07. The summed E-state index contributed by atoms with van der Waals surface area (Å²) in [5.74, 6) is 0.424. The van der Waals surface area contributed by atoms with Gasteiger partial charge in [-0.1, -0.05) is 0 Å². The third kappa shape index (κ3) is 3.48. The monoisotopic (exact) mass is 339 g/mol. The Kier molecular flexibility index (Phi) is 4.03. The minimum atomic E-state index is -4.42. The fourth-order valence-electron chi connectivity index (χ4n) is 2.13. The van der Waals surface area contributed by atoms with Crippen molar-refractivity contribution in [2.24, 2.45) is 0 Å². The number of nitrogens with one attached hydrogen (secondary N) is 1. The zero-order valence-corrected chi connectivity index (χ0v) is 12.8. The van der Waals surface area contributed by atoms with Crippen molar-refractivity contribution in [2.45, 2.75) is 23.9 Å². The summed E-state index contributed by atoms with van der Waals surface area (Å²) < 4.78 is 50.4. The molecular formula is C15H12F3N3OS. The number of aromatic amines is 1. The number of H-pyrrole nitrogens is 1. The molecule has 3 rings (SSSR count). The highest BCUT2D eigenvalue weighted by Crippen LogP contribution is 2.31. The molecule has 23 heavy (non-hydrogen) atoms. The first-order chi connectivity index (χ1) is 10.8. The van der Waals surface area contributed by atoms with E-state index >= 15 is 0 Å². The molecule has 1 N–H and O–H groups in total. The van der Waals surface area contributed by atoms with E-state index in [1.54, 1.807) is 18.3 Å². The van der Waals surface area contributed by atoms with Crippen LogP contribution in [-0.2, 0) is 23.1 Å². The molecule has 8 heteroatoms. The number of aromatic nitrogens is 3. The maximum absolute atomic E-state index is 12.7. The van der Waals surface area contributed by atoms with Crippen LogP contribution in [0.1, 0.15) is 17.0 Å². The second kappa shape index (κ2) is 5.86. The fraction of sp³-hybridized carbons (Fsp3) is 0.200. The van der Waals surface area contributed by atoms with Crippen LogP contribution in [-0.4, -0.2) is 19.5 Å². The molecule has 1 aromatic carbocycles. The quantitative estimate of drug-likeness (QED) is 0.742. The summed E-state index contributed by atoms with van der Waals surface area (Å²) in [4.78, 5) is 11.0. The topological polar surface area (TPSA) is 64.6 Å². The SMILES string of the molecule is Cc1ccnc([S+]([O-])Cc2nc3cc(C(F)(F)F)ccc3[nH]2)c1. The standard InChI is InChI=1S/C15H12F3N3OS/c1-9-4-5-19-14(6-9)23(22)8-13-20-11-3-2-10(15(16,17)18)7-12(11)21-13/h2-7H,8H2,1H3,(H,20,21). The highest BCUT2D eigenvalue weighted by atomic mass is 32.2. The Morgan fingerprint density at radius 1 is 1.22 bits per heavy atom. The van der Waals surface area contributed by atoms with Crippen molar-refractivity contribution in [1.82, 2.24) is 15.0 Å². The first kappa shape index (κ1) is 15.8. The van der Waals surface area contributed by atoms with Crippen molar-refractivity contribution in [3.8, 4) is 0 Å². The molecule has 2 aromatic heterocycles. The van der Waals surface area contributed by atoms with Gasteiger partial charge in [0.25, 0.3) is 0 Å². The van der Waals surface area contributed by atoms with Gasteiger partial charge in [0, 0.05) is 23.4 Å². The lowest BCUT2D eigenvalue weighted by Gasteiger charge is -2.07. The third-order valence-corrected chi connectivity index (χ3v) is 4.48. The Morgan fingerprint density at radius 3 is 2.70 bits per heavy atom. The molecule has 0 radical (unpaired) electrons. The van der Waals surface area contributed by atoms with Crippen LogP contribution in [0.15, 0.2) is 41.6 Å². The summed E-state index contributed by atoms with van der Waals surface area (Å²) in [6, 6.07) is 6.79. The maximum Gasteiger partial charge on any atom is 0.416 e. The summed E-state index contributed by atoms with van der Waals surface area (Å²) in [6.45, 7) is 1.86. The number of fused-ring (bicyclic) bond motifs is 1. The number of imidazole rings is 1. The van der Waals surface area contributed by atoms with Crippen LogP contribution in [0.2, 0.25) is 0 Å². The minimum Gasteiger partial charge on any atom is -0.610 e. The van der Waals surface area contributed by atoms with Crippen LogP contribution in [0.25, 0.3) is 11.0 Å². The van der Waals surface area contributed by atoms with Gasteiger partial charge in [-0.15, -0.1) is 0 Å². The summed E-state index contributed by atoms with van der Waals surface area (Å²) >= 11 is -1.42. The molecule has 0 spiro atoms. The number of nitrogens with zero attached hydrogens (tertiary/aromatic N) is 2. The van der Waals surface area contributed by atoms with Crippen LogP contribution in [0.3, 0.4) is 0 Å². The average molecular weight is 339 g/mol. The Hall–Kier alpha value is -2.06. The van der Waals surface area contributed by atoms with E-state index in [0.29, 0.717) is 16.4 Å². The number of hydrogen-bond donors (Lipinski definition) is 1. The molecule has 0 fully saturated rings. The van der Waals surface area contributed by atoms with Crippen molar-refractivity contribution in [3.05, 3.63) is 53.5 Å². The number of aryl methyl sites for hydroxylation is 1. The van der Waals surface area contributed by atoms with Gasteiger partial charge < -0.3 is 9.54 Å². The Morgan fingerprint density at radius 2 is 2.00 bits per heavy atom. The largest absolute Gasteiger partial charge is 0.610 e. The van der Waals surface area contributed by atoms with E-state index < -0.39 is 22.9 Å². The van der Waals surface area contributed by atoms with Crippen molar-refractivity contribution in [2.75, 3.05) is 0 Å². The van der Waals surface area contributed by atoms with Crippen molar-refractivity contribution in [1.29, 1.82) is 0 Å². The molecular weight excluding hydrogens is 327 g/mol. The molecule has 0 aliphatic carbocycles. The zero-order chi connectivity index (χ0) is 16.6. The van der Waals surface area contributed by atoms with Crippen LogP contribution in [0.4, 0.5) is 13.2 Å². The van der Waals surface area contributed by atoms with E-state index in [4.69, 9.17) is 0 Å². The summed E-state index contributed by atoms with van der Waals surface area (Å²) in [6.07, 6.45) is -2.85. The Balaban J connectivity index is 1.86. The lowest BCUT2D eigenvalue weighted by Crippen LogP contribution is -2.08. The van der Waals surface area contributed by atoms with Crippen LogP contribution in [0, 0.1) is 6.92 Å². The van der Waals surface area contributed by atoms with Crippen LogP contribution >= 0.6 is 0 Å². The van der Waals surface area contributed by atoms with Crippen molar-refractivity contribution >= 4 is 22.2 Å². The molecule has 4 nitrogen and oxygen atoms in total. The van der Waals surface area contributed by atoms with E-state index in [9.17, 15) is 17.7 Å². The van der Waals surface area contributed by atoms with Gasteiger partial charge in [0.1, 0.15) is 0 Å². The molecule has 1 atom stereocenters. The molecule has 0 saturated heterocycles. The maximum atomic E-state index is 12.7. The van der Waals surface area contributed by atoms with Gasteiger partial charge in [0.05, 0.1) is 16.6 Å². The van der Waals surface area contributed by atoms with Crippen molar-refractivity contribution in [3.63, 3.8) is 0 Å². The van der Waals surface area contributed by atoms with Gasteiger partial charge in [0.2, 0.25) is 5.03 Å². The number of benzene rings is 1. The fourth-order valence-corrected chi connectivity index (χ4v) is 3.16. The molecule has 0 aliphatic rings. The van der Waals surface area contributed by atoms with Crippen LogP contribution < -0.4 is 0 Å². The van der Waals surface area contributed by atoms with E-state index in [-0.39, 0.29) is 11.3 Å². The number of hydrogen-bond acceptors (Lipinski definition) is 3. The molecule has 3 aromatic rings. The summed E-state index contributed by atoms with van der Waals surface area (Å²) in [5.41, 5.74) is 0.846. The predicted octanol–water partition coefficient (Wildman–Crippen LogP) is 3.59. The molecule has 0 amide bonds. The lowest BCUT2D eigenvalue weighted by molar-refractivity contribution is -0.137. The van der Waals surface area contributed by atoms with Gasteiger partial charge in [-0.25, -0.2) is 9.97 Å². The smallest absolute Gasteiger partial charge is 0.416 e. The van der Waals surface area contributed by atoms with Gasteiger partial charge in [-0.05, 0) is 36.8 Å². The number of halogens is 3. The van der Waals surface area contributed by atoms with Crippen LogP contribution in [0.5, 0.6) is 0 Å². The highest BCUT2D eigenvalue weighted by molar-refractivity contribution is 7.90. The normalized spacial score (nSPS) is 13.4. The van der Waals surface area contributed by atoms with E-state index in [1.807, 2.05) is 6.92 Å². The first-order valence-corrected chi connectivity index (χ1v) is 8.02. The molecule has 0 aliphatic heterocycles. The second-order valence-corrected chi connectivity index (χ2v) is 6.47. The Labute approximate surface area is 133 Å². The number of pyridine rings is 1. The third-order valence-electron chi connectivity index (χ3n) is 3.25. The summed E-state index contributed by atoms with van der Waals surface area (Å²) in [5, 5.41) is 0.418. The van der Waals surface area contributed by atoms with Gasteiger partial charge in [0.15, 0.2) is 11.6 Å². The zero-order valence-electron chi connectivity index (χ0n) is 12.0. The van der Waals surface area contributed by atoms with Gasteiger partial charge in [-0.3, -0.25) is 0 Å². The van der Waals surface area contributed by atoms with Gasteiger partial charge >= 0.3 is 6.18 Å². The number of alkyl halides is 3.